The van der Waals surface area contributed by atoms with Gasteiger partial charge in [0.1, 0.15) is 5.82 Å². The highest BCUT2D eigenvalue weighted by Crippen LogP contribution is 2.39. The minimum absolute atomic E-state index is 0.0642. The SMILES string of the molecule is NC(=O)c1ccc(NC2CCOC3(CCCCC3)C2)nn1. The predicted molar refractivity (Wildman–Crippen MR) is 79.0 cm³/mol. The first kappa shape index (κ1) is 14.3. The molecule has 2 fully saturated rings. The lowest BCUT2D eigenvalue weighted by Gasteiger charge is -2.43. The van der Waals surface area contributed by atoms with Crippen LogP contribution >= 0.6 is 0 Å². The number of carbonyl (C=O) groups excluding carboxylic acids is 1. The van der Waals surface area contributed by atoms with Crippen LogP contribution in [0.4, 0.5) is 5.82 Å². The van der Waals surface area contributed by atoms with Crippen molar-refractivity contribution in [3.63, 3.8) is 0 Å². The second kappa shape index (κ2) is 5.97. The van der Waals surface area contributed by atoms with Crippen LogP contribution in [0.5, 0.6) is 0 Å². The third-order valence-electron chi connectivity index (χ3n) is 4.53. The molecule has 1 aromatic rings. The van der Waals surface area contributed by atoms with Gasteiger partial charge in [-0.25, -0.2) is 0 Å². The molecule has 0 bridgehead atoms. The molecule has 1 unspecified atom stereocenters. The van der Waals surface area contributed by atoms with Crippen LogP contribution in [0.2, 0.25) is 0 Å². The van der Waals surface area contributed by atoms with E-state index < -0.39 is 5.91 Å². The van der Waals surface area contributed by atoms with Gasteiger partial charge in [-0.3, -0.25) is 4.79 Å². The van der Waals surface area contributed by atoms with Crippen molar-refractivity contribution in [2.75, 3.05) is 11.9 Å². The van der Waals surface area contributed by atoms with Crippen LogP contribution in [-0.2, 0) is 4.74 Å². The van der Waals surface area contributed by atoms with E-state index >= 15 is 0 Å². The summed E-state index contributed by atoms with van der Waals surface area (Å²) >= 11 is 0. The van der Waals surface area contributed by atoms with Crippen LogP contribution < -0.4 is 11.1 Å². The molecule has 3 N–H and O–H groups in total. The van der Waals surface area contributed by atoms with Gasteiger partial charge in [0.15, 0.2) is 5.69 Å². The summed E-state index contributed by atoms with van der Waals surface area (Å²) < 4.78 is 6.09. The number of hydrogen-bond donors (Lipinski definition) is 2. The maximum Gasteiger partial charge on any atom is 0.269 e. The van der Waals surface area contributed by atoms with E-state index in [2.05, 4.69) is 15.5 Å². The van der Waals surface area contributed by atoms with Gasteiger partial charge in [0.05, 0.1) is 5.60 Å². The largest absolute Gasteiger partial charge is 0.375 e. The monoisotopic (exact) mass is 290 g/mol. The molecule has 21 heavy (non-hydrogen) atoms. The van der Waals surface area contributed by atoms with Crippen molar-refractivity contribution in [3.05, 3.63) is 17.8 Å². The summed E-state index contributed by atoms with van der Waals surface area (Å²) in [6.07, 6.45) is 8.17. The highest BCUT2D eigenvalue weighted by atomic mass is 16.5. The van der Waals surface area contributed by atoms with E-state index in [1.807, 2.05) is 0 Å². The Morgan fingerprint density at radius 1 is 1.29 bits per heavy atom. The number of nitrogens with two attached hydrogens (primary N) is 1. The number of anilines is 1. The minimum Gasteiger partial charge on any atom is -0.375 e. The van der Waals surface area contributed by atoms with Crippen LogP contribution in [0.25, 0.3) is 0 Å². The first-order valence-electron chi connectivity index (χ1n) is 7.71. The van der Waals surface area contributed by atoms with Crippen molar-refractivity contribution in [1.29, 1.82) is 0 Å². The predicted octanol–water partition coefficient (Wildman–Crippen LogP) is 1.87. The van der Waals surface area contributed by atoms with Gasteiger partial charge < -0.3 is 15.8 Å². The average Bonchev–Trinajstić information content (AvgIpc) is 2.49. The van der Waals surface area contributed by atoms with Crippen molar-refractivity contribution in [3.8, 4) is 0 Å². The number of ether oxygens (including phenoxy) is 1. The smallest absolute Gasteiger partial charge is 0.269 e. The van der Waals surface area contributed by atoms with Crippen molar-refractivity contribution < 1.29 is 9.53 Å². The molecule has 1 aromatic heterocycles. The molecule has 114 valence electrons. The fraction of sp³-hybridized carbons (Fsp3) is 0.667. The van der Waals surface area contributed by atoms with Crippen LogP contribution in [0.3, 0.4) is 0 Å². The molecule has 1 aliphatic heterocycles. The van der Waals surface area contributed by atoms with E-state index in [9.17, 15) is 4.79 Å². The number of carbonyl (C=O) groups is 1. The summed E-state index contributed by atoms with van der Waals surface area (Å²) in [4.78, 5) is 11.0. The van der Waals surface area contributed by atoms with E-state index in [4.69, 9.17) is 10.5 Å². The van der Waals surface area contributed by atoms with Crippen LogP contribution in [0.15, 0.2) is 12.1 Å². The minimum atomic E-state index is -0.554. The fourth-order valence-corrected chi connectivity index (χ4v) is 3.45. The second-order valence-corrected chi connectivity index (χ2v) is 6.09. The molecule has 1 saturated heterocycles. The molecule has 2 aliphatic rings. The van der Waals surface area contributed by atoms with E-state index in [0.717, 1.165) is 32.3 Å². The molecule has 1 saturated carbocycles. The molecule has 0 radical (unpaired) electrons. The molecular weight excluding hydrogens is 268 g/mol. The standard InChI is InChI=1S/C15H22N4O2/c16-14(20)12-4-5-13(19-18-12)17-11-6-9-21-15(10-11)7-2-1-3-8-15/h4-5,11H,1-3,6-10H2,(H2,16,20)(H,17,19). The zero-order chi connectivity index (χ0) is 14.7. The summed E-state index contributed by atoms with van der Waals surface area (Å²) in [7, 11) is 0. The van der Waals surface area contributed by atoms with Crippen LogP contribution in [0, 0.1) is 0 Å². The number of aromatic nitrogens is 2. The lowest BCUT2D eigenvalue weighted by atomic mass is 9.78. The maximum absolute atomic E-state index is 11.0. The second-order valence-electron chi connectivity index (χ2n) is 6.09. The van der Waals surface area contributed by atoms with Gasteiger partial charge >= 0.3 is 0 Å². The number of primary amides is 1. The molecular formula is C15H22N4O2. The highest BCUT2D eigenvalue weighted by Gasteiger charge is 2.38. The van der Waals surface area contributed by atoms with E-state index in [1.54, 1.807) is 12.1 Å². The van der Waals surface area contributed by atoms with Gasteiger partial charge in [-0.05, 0) is 37.8 Å². The van der Waals surface area contributed by atoms with Gasteiger partial charge in [-0.2, -0.15) is 0 Å². The molecule has 1 atom stereocenters. The van der Waals surface area contributed by atoms with Gasteiger partial charge in [0.25, 0.3) is 5.91 Å². The van der Waals surface area contributed by atoms with Crippen LogP contribution in [-0.4, -0.2) is 34.4 Å². The molecule has 6 heteroatoms. The summed E-state index contributed by atoms with van der Waals surface area (Å²) in [6, 6.07) is 3.72. The fourth-order valence-electron chi connectivity index (χ4n) is 3.45. The number of rotatable bonds is 3. The quantitative estimate of drug-likeness (QED) is 0.887. The number of nitrogens with one attached hydrogen (secondary N) is 1. The Labute approximate surface area is 124 Å². The van der Waals surface area contributed by atoms with Gasteiger partial charge in [0, 0.05) is 12.6 Å². The number of hydrogen-bond acceptors (Lipinski definition) is 5. The molecule has 3 rings (SSSR count). The third kappa shape index (κ3) is 3.32. The Morgan fingerprint density at radius 3 is 2.76 bits per heavy atom. The average molecular weight is 290 g/mol. The van der Waals surface area contributed by atoms with Crippen molar-refractivity contribution in [2.45, 2.75) is 56.6 Å². The third-order valence-corrected chi connectivity index (χ3v) is 4.53. The Hall–Kier alpha value is -1.69. The van der Waals surface area contributed by atoms with E-state index in [0.29, 0.717) is 11.9 Å². The topological polar surface area (TPSA) is 90.1 Å². The van der Waals surface area contributed by atoms with Crippen molar-refractivity contribution in [2.24, 2.45) is 5.73 Å². The zero-order valence-electron chi connectivity index (χ0n) is 12.2. The molecule has 1 spiro atoms. The Kier molecular flexibility index (Phi) is 4.05. The molecule has 1 amide bonds. The summed E-state index contributed by atoms with van der Waals surface area (Å²) in [5, 5.41) is 11.3. The number of nitrogens with zero attached hydrogens (tertiary/aromatic N) is 2. The lowest BCUT2D eigenvalue weighted by molar-refractivity contribution is -0.103. The summed E-state index contributed by atoms with van der Waals surface area (Å²) in [5.41, 5.74) is 5.42. The van der Waals surface area contributed by atoms with Gasteiger partial charge in [-0.15, -0.1) is 10.2 Å². The first-order valence-corrected chi connectivity index (χ1v) is 7.71. The lowest BCUT2D eigenvalue weighted by Crippen LogP contribution is -2.45. The summed E-state index contributed by atoms with van der Waals surface area (Å²) in [6.45, 7) is 0.796. The van der Waals surface area contributed by atoms with Gasteiger partial charge in [0.2, 0.25) is 0 Å². The van der Waals surface area contributed by atoms with Crippen LogP contribution in [0.1, 0.15) is 55.4 Å². The summed E-state index contributed by atoms with van der Waals surface area (Å²) in [5.74, 6) is 0.138. The van der Waals surface area contributed by atoms with Crippen molar-refractivity contribution in [1.82, 2.24) is 10.2 Å². The van der Waals surface area contributed by atoms with E-state index in [1.165, 1.54) is 19.3 Å². The zero-order valence-corrected chi connectivity index (χ0v) is 12.2. The Bertz CT molecular complexity index is 491. The molecule has 1 aliphatic carbocycles. The first-order chi connectivity index (χ1) is 10.2. The Morgan fingerprint density at radius 2 is 2.10 bits per heavy atom. The molecule has 2 heterocycles. The normalized spacial score (nSPS) is 24.7. The number of amides is 1. The van der Waals surface area contributed by atoms with Gasteiger partial charge in [-0.1, -0.05) is 19.3 Å². The molecule has 0 aromatic carbocycles. The maximum atomic E-state index is 11.0. The van der Waals surface area contributed by atoms with Crippen molar-refractivity contribution >= 4 is 11.7 Å². The Balaban J connectivity index is 1.62. The molecule has 6 nitrogen and oxygen atoms in total. The van der Waals surface area contributed by atoms with E-state index in [-0.39, 0.29) is 11.3 Å². The highest BCUT2D eigenvalue weighted by molar-refractivity contribution is 5.90.